The molecular formula is C10H20O. The molecule has 0 bridgehead atoms. The maximum Gasteiger partial charge on any atom is 0.0594 e. The van der Waals surface area contributed by atoms with Gasteiger partial charge in [-0.25, -0.2) is 0 Å². The van der Waals surface area contributed by atoms with Crippen LogP contribution < -0.4 is 0 Å². The fourth-order valence-corrected chi connectivity index (χ4v) is 2.40. The minimum absolute atomic E-state index is 0.0313. The third-order valence-electron chi connectivity index (χ3n) is 3.07. The summed E-state index contributed by atoms with van der Waals surface area (Å²) in [5, 5.41) is 9.76. The number of hydrogen-bond acceptors (Lipinski definition) is 1. The van der Waals surface area contributed by atoms with Crippen LogP contribution in [0.3, 0.4) is 0 Å². The Kier molecular flexibility index (Phi) is 2.94. The normalized spacial score (nSPS) is 45.8. The molecule has 0 aromatic heterocycles. The third-order valence-corrected chi connectivity index (χ3v) is 3.07. The molecule has 1 heteroatoms. The summed E-state index contributed by atoms with van der Waals surface area (Å²) in [5.41, 5.74) is 0. The van der Waals surface area contributed by atoms with Gasteiger partial charge in [0.05, 0.1) is 6.10 Å². The summed E-state index contributed by atoms with van der Waals surface area (Å²) in [6.45, 7) is 6.65. The first-order valence-corrected chi connectivity index (χ1v) is 4.83. The van der Waals surface area contributed by atoms with Gasteiger partial charge < -0.3 is 5.11 Å². The Morgan fingerprint density at radius 1 is 1.27 bits per heavy atom. The van der Waals surface area contributed by atoms with Gasteiger partial charge in [0.25, 0.3) is 0 Å². The largest absolute Gasteiger partial charge is 0.393 e. The van der Waals surface area contributed by atoms with Crippen LogP contribution in [0.2, 0.25) is 0 Å². The van der Waals surface area contributed by atoms with Gasteiger partial charge in [-0.3, -0.25) is 0 Å². The van der Waals surface area contributed by atoms with Crippen LogP contribution in [0.15, 0.2) is 0 Å². The molecule has 1 rings (SSSR count). The van der Waals surface area contributed by atoms with Crippen LogP contribution in [0.1, 0.15) is 40.0 Å². The molecule has 4 unspecified atom stereocenters. The monoisotopic (exact) mass is 156 g/mol. The quantitative estimate of drug-likeness (QED) is 0.618. The van der Waals surface area contributed by atoms with Gasteiger partial charge >= 0.3 is 0 Å². The maximum absolute atomic E-state index is 9.76. The summed E-state index contributed by atoms with van der Waals surface area (Å²) in [5.74, 6) is 1.90. The van der Waals surface area contributed by atoms with Crippen LogP contribution in [0, 0.1) is 17.8 Å². The molecule has 1 saturated carbocycles. The van der Waals surface area contributed by atoms with Gasteiger partial charge in [-0.05, 0) is 30.6 Å². The number of rotatable bonds is 1. The van der Waals surface area contributed by atoms with Gasteiger partial charge in [0.2, 0.25) is 0 Å². The van der Waals surface area contributed by atoms with Crippen LogP contribution in [-0.4, -0.2) is 11.2 Å². The minimum atomic E-state index is -0.0313. The third kappa shape index (κ3) is 1.96. The van der Waals surface area contributed by atoms with Gasteiger partial charge in [-0.15, -0.1) is 0 Å². The van der Waals surface area contributed by atoms with Crippen molar-refractivity contribution in [2.45, 2.75) is 46.1 Å². The van der Waals surface area contributed by atoms with Crippen LogP contribution >= 0.6 is 0 Å². The molecule has 0 aliphatic heterocycles. The van der Waals surface area contributed by atoms with Crippen LogP contribution in [0.5, 0.6) is 0 Å². The molecule has 1 aliphatic carbocycles. The number of aliphatic hydroxyl groups excluding tert-OH is 1. The Balaban J connectivity index is 2.51. The summed E-state index contributed by atoms with van der Waals surface area (Å²) in [6, 6.07) is 0. The molecule has 4 atom stereocenters. The van der Waals surface area contributed by atoms with E-state index < -0.39 is 0 Å². The van der Waals surface area contributed by atoms with E-state index in [1.54, 1.807) is 0 Å². The average molecular weight is 156 g/mol. The van der Waals surface area contributed by atoms with E-state index in [0.29, 0.717) is 11.8 Å². The van der Waals surface area contributed by atoms with Gasteiger partial charge in [0, 0.05) is 0 Å². The second-order valence-electron chi connectivity index (χ2n) is 4.21. The van der Waals surface area contributed by atoms with Crippen molar-refractivity contribution < 1.29 is 5.11 Å². The Bertz CT molecular complexity index is 122. The smallest absolute Gasteiger partial charge is 0.0594 e. The summed E-state index contributed by atoms with van der Waals surface area (Å²) < 4.78 is 0. The Morgan fingerprint density at radius 2 is 1.91 bits per heavy atom. The van der Waals surface area contributed by atoms with Crippen LogP contribution in [-0.2, 0) is 0 Å². The molecule has 0 radical (unpaired) electrons. The topological polar surface area (TPSA) is 20.2 Å². The van der Waals surface area contributed by atoms with Crippen molar-refractivity contribution in [1.82, 2.24) is 0 Å². The molecule has 0 aromatic rings. The molecular weight excluding hydrogens is 136 g/mol. The van der Waals surface area contributed by atoms with Crippen molar-refractivity contribution in [2.75, 3.05) is 0 Å². The van der Waals surface area contributed by atoms with E-state index in [1.807, 2.05) is 0 Å². The molecule has 1 nitrogen and oxygen atoms in total. The fourth-order valence-electron chi connectivity index (χ4n) is 2.40. The highest BCUT2D eigenvalue weighted by molar-refractivity contribution is 4.81. The lowest BCUT2D eigenvalue weighted by molar-refractivity contribution is 0.00552. The molecule has 11 heavy (non-hydrogen) atoms. The van der Waals surface area contributed by atoms with E-state index in [4.69, 9.17) is 0 Å². The van der Waals surface area contributed by atoms with E-state index in [9.17, 15) is 5.11 Å². The lowest BCUT2D eigenvalue weighted by Crippen LogP contribution is -2.34. The van der Waals surface area contributed by atoms with Crippen LogP contribution in [0.4, 0.5) is 0 Å². The zero-order valence-electron chi connectivity index (χ0n) is 7.88. The van der Waals surface area contributed by atoms with Gasteiger partial charge in [0.15, 0.2) is 0 Å². The molecule has 66 valence electrons. The van der Waals surface area contributed by atoms with E-state index in [-0.39, 0.29) is 6.10 Å². The summed E-state index contributed by atoms with van der Waals surface area (Å²) in [4.78, 5) is 0. The van der Waals surface area contributed by atoms with Crippen LogP contribution in [0.25, 0.3) is 0 Å². The second-order valence-corrected chi connectivity index (χ2v) is 4.21. The zero-order valence-corrected chi connectivity index (χ0v) is 7.88. The molecule has 0 amide bonds. The summed E-state index contributed by atoms with van der Waals surface area (Å²) in [7, 11) is 0. The second kappa shape index (κ2) is 3.57. The molecule has 0 saturated heterocycles. The Hall–Kier alpha value is -0.0400. The van der Waals surface area contributed by atoms with Crippen molar-refractivity contribution in [3.05, 3.63) is 0 Å². The van der Waals surface area contributed by atoms with Gasteiger partial charge in [-0.1, -0.05) is 27.2 Å². The summed E-state index contributed by atoms with van der Waals surface area (Å²) in [6.07, 6.45) is 3.53. The lowest BCUT2D eigenvalue weighted by atomic mass is 9.73. The standard InChI is InChI=1S/C10H20O/c1-4-9-6-7(2)5-8(3)10(9)11/h7-11H,4-6H2,1-3H3. The minimum Gasteiger partial charge on any atom is -0.393 e. The molecule has 1 N–H and O–H groups in total. The lowest BCUT2D eigenvalue weighted by Gasteiger charge is -2.35. The van der Waals surface area contributed by atoms with Crippen molar-refractivity contribution in [3.63, 3.8) is 0 Å². The molecule has 1 fully saturated rings. The number of hydrogen-bond donors (Lipinski definition) is 1. The van der Waals surface area contributed by atoms with Gasteiger partial charge in [0.1, 0.15) is 0 Å². The highest BCUT2D eigenvalue weighted by atomic mass is 16.3. The van der Waals surface area contributed by atoms with Crippen molar-refractivity contribution in [3.8, 4) is 0 Å². The maximum atomic E-state index is 9.76. The van der Waals surface area contributed by atoms with E-state index in [1.165, 1.54) is 12.8 Å². The molecule has 0 spiro atoms. The summed E-state index contributed by atoms with van der Waals surface area (Å²) >= 11 is 0. The van der Waals surface area contributed by atoms with E-state index in [0.717, 1.165) is 12.3 Å². The first-order chi connectivity index (χ1) is 5.15. The fraction of sp³-hybridized carbons (Fsp3) is 1.00. The highest BCUT2D eigenvalue weighted by Crippen LogP contribution is 2.34. The van der Waals surface area contributed by atoms with Crippen molar-refractivity contribution in [1.29, 1.82) is 0 Å². The SMILES string of the molecule is CCC1CC(C)CC(C)C1O. The van der Waals surface area contributed by atoms with Gasteiger partial charge in [-0.2, -0.15) is 0 Å². The highest BCUT2D eigenvalue weighted by Gasteiger charge is 2.30. The van der Waals surface area contributed by atoms with E-state index >= 15 is 0 Å². The number of aliphatic hydroxyl groups is 1. The Morgan fingerprint density at radius 3 is 2.45 bits per heavy atom. The predicted octanol–water partition coefficient (Wildman–Crippen LogP) is 2.44. The first-order valence-electron chi connectivity index (χ1n) is 4.83. The van der Waals surface area contributed by atoms with Crippen molar-refractivity contribution >= 4 is 0 Å². The molecule has 0 heterocycles. The Labute approximate surface area is 69.8 Å². The van der Waals surface area contributed by atoms with E-state index in [2.05, 4.69) is 20.8 Å². The predicted molar refractivity (Wildman–Crippen MR) is 47.3 cm³/mol. The molecule has 1 aliphatic rings. The first kappa shape index (κ1) is 9.05. The molecule has 0 aromatic carbocycles. The van der Waals surface area contributed by atoms with Crippen molar-refractivity contribution in [2.24, 2.45) is 17.8 Å². The zero-order chi connectivity index (χ0) is 8.43. The average Bonchev–Trinajstić information content (AvgIpc) is 1.96.